The van der Waals surface area contributed by atoms with E-state index < -0.39 is 23.9 Å². The number of nitrogens with one attached hydrogen (secondary N) is 1. The van der Waals surface area contributed by atoms with E-state index in [0.29, 0.717) is 0 Å². The number of halogens is 2. The summed E-state index contributed by atoms with van der Waals surface area (Å²) in [6.45, 7) is -0.0847. The first-order valence-corrected chi connectivity index (χ1v) is 7.55. The molecular formula is C17H16ClFN2O3. The molecule has 0 aliphatic rings. The third-order valence-electron chi connectivity index (χ3n) is 3.30. The van der Waals surface area contributed by atoms with Crippen LogP contribution in [0.5, 0.6) is 0 Å². The first kappa shape index (κ1) is 17.7. The summed E-state index contributed by atoms with van der Waals surface area (Å²) in [7, 11) is 0. The minimum atomic E-state index is -1.10. The van der Waals surface area contributed by atoms with Gasteiger partial charge in [0.2, 0.25) is 0 Å². The molecule has 3 N–H and O–H groups in total. The molecule has 0 saturated carbocycles. The monoisotopic (exact) mass is 350 g/mol. The Morgan fingerprint density at radius 3 is 2.54 bits per heavy atom. The zero-order valence-electron chi connectivity index (χ0n) is 12.7. The van der Waals surface area contributed by atoms with Gasteiger partial charge in [-0.3, -0.25) is 4.79 Å². The minimum absolute atomic E-state index is 0.0315. The fraction of sp³-hybridized carbons (Fsp3) is 0.176. The van der Waals surface area contributed by atoms with Gasteiger partial charge >= 0.3 is 6.09 Å². The molecule has 0 aliphatic carbocycles. The third-order valence-corrected chi connectivity index (χ3v) is 3.59. The average molecular weight is 351 g/mol. The van der Waals surface area contributed by atoms with E-state index >= 15 is 0 Å². The van der Waals surface area contributed by atoms with Crippen molar-refractivity contribution >= 4 is 23.6 Å². The van der Waals surface area contributed by atoms with Crippen molar-refractivity contribution < 1.29 is 18.7 Å². The van der Waals surface area contributed by atoms with E-state index in [1.807, 2.05) is 6.07 Å². The Kier molecular flexibility index (Phi) is 6.14. The van der Waals surface area contributed by atoms with Crippen LogP contribution in [0.25, 0.3) is 0 Å². The highest BCUT2D eigenvalue weighted by Gasteiger charge is 2.22. The number of carbonyl (C=O) groups excluding carboxylic acids is 2. The van der Waals surface area contributed by atoms with Gasteiger partial charge in [-0.15, -0.1) is 0 Å². The van der Waals surface area contributed by atoms with Crippen molar-refractivity contribution in [3.8, 4) is 0 Å². The maximum absolute atomic E-state index is 13.8. The van der Waals surface area contributed by atoms with Crippen LogP contribution >= 0.6 is 11.6 Å². The molecule has 0 unspecified atom stereocenters. The summed E-state index contributed by atoms with van der Waals surface area (Å²) in [5, 5.41) is 2.49. The van der Waals surface area contributed by atoms with Gasteiger partial charge in [0.15, 0.2) is 6.10 Å². The van der Waals surface area contributed by atoms with Crippen molar-refractivity contribution in [2.75, 3.05) is 0 Å². The normalized spacial score (nSPS) is 11.6. The van der Waals surface area contributed by atoms with Crippen molar-refractivity contribution in [2.24, 2.45) is 5.73 Å². The lowest BCUT2D eigenvalue weighted by molar-refractivity contribution is -0.129. The van der Waals surface area contributed by atoms with Crippen LogP contribution in [0, 0.1) is 5.82 Å². The van der Waals surface area contributed by atoms with E-state index in [0.717, 1.165) is 5.56 Å². The molecule has 7 heteroatoms. The standard InChI is InChI=1S/C17H16ClFN2O3/c18-13-8-4-7-12(15(13)19)10-21-16(22)14(24-17(20)23)9-11-5-2-1-3-6-11/h1-8,14H,9-10H2,(H2,20,23)(H,21,22)/t14-/m0/s1. The van der Waals surface area contributed by atoms with E-state index in [-0.39, 0.29) is 23.6 Å². The summed E-state index contributed by atoms with van der Waals surface area (Å²) < 4.78 is 18.7. The highest BCUT2D eigenvalue weighted by molar-refractivity contribution is 6.30. The van der Waals surface area contributed by atoms with Gasteiger partial charge in [-0.2, -0.15) is 0 Å². The summed E-state index contributed by atoms with van der Waals surface area (Å²) in [6, 6.07) is 13.5. The van der Waals surface area contributed by atoms with Gasteiger partial charge in [-0.1, -0.05) is 54.1 Å². The smallest absolute Gasteiger partial charge is 0.405 e. The van der Waals surface area contributed by atoms with Crippen molar-refractivity contribution in [3.05, 3.63) is 70.5 Å². The highest BCUT2D eigenvalue weighted by Crippen LogP contribution is 2.17. The Labute approximate surface area is 143 Å². The highest BCUT2D eigenvalue weighted by atomic mass is 35.5. The second kappa shape index (κ2) is 8.31. The molecule has 2 amide bonds. The van der Waals surface area contributed by atoms with E-state index in [9.17, 15) is 14.0 Å². The summed E-state index contributed by atoms with van der Waals surface area (Å²) >= 11 is 5.69. The number of hydrogen-bond donors (Lipinski definition) is 2. The number of carbonyl (C=O) groups is 2. The molecule has 1 atom stereocenters. The van der Waals surface area contributed by atoms with E-state index in [1.165, 1.54) is 12.1 Å². The number of nitrogens with two attached hydrogens (primary N) is 1. The number of rotatable bonds is 6. The Hall–Kier alpha value is -2.60. The Morgan fingerprint density at radius 1 is 1.17 bits per heavy atom. The first-order valence-electron chi connectivity index (χ1n) is 7.18. The van der Waals surface area contributed by atoms with E-state index in [1.54, 1.807) is 30.3 Å². The van der Waals surface area contributed by atoms with Crippen molar-refractivity contribution in [3.63, 3.8) is 0 Å². The van der Waals surface area contributed by atoms with Gasteiger partial charge in [0, 0.05) is 18.5 Å². The first-order chi connectivity index (χ1) is 11.5. The van der Waals surface area contributed by atoms with E-state index in [2.05, 4.69) is 5.32 Å². The third kappa shape index (κ3) is 4.96. The minimum Gasteiger partial charge on any atom is -0.436 e. The lowest BCUT2D eigenvalue weighted by Gasteiger charge is -2.17. The summed E-state index contributed by atoms with van der Waals surface area (Å²) in [5.41, 5.74) is 6.05. The molecule has 5 nitrogen and oxygen atoms in total. The summed E-state index contributed by atoms with van der Waals surface area (Å²) in [5.74, 6) is -1.17. The van der Waals surface area contributed by atoms with Crippen molar-refractivity contribution in [1.82, 2.24) is 5.32 Å². The lowest BCUT2D eigenvalue weighted by atomic mass is 10.1. The number of benzene rings is 2. The number of ether oxygens (including phenoxy) is 1. The topological polar surface area (TPSA) is 81.4 Å². The van der Waals surface area contributed by atoms with Crippen LogP contribution in [0.4, 0.5) is 9.18 Å². The Balaban J connectivity index is 2.04. The fourth-order valence-corrected chi connectivity index (χ4v) is 2.33. The van der Waals surface area contributed by atoms with Crippen LogP contribution < -0.4 is 11.1 Å². The van der Waals surface area contributed by atoms with Gasteiger partial charge in [-0.25, -0.2) is 9.18 Å². The molecule has 0 bridgehead atoms. The molecule has 0 saturated heterocycles. The van der Waals surface area contributed by atoms with Gasteiger partial charge in [0.1, 0.15) is 5.82 Å². The van der Waals surface area contributed by atoms with Gasteiger partial charge in [0.05, 0.1) is 5.02 Å². The van der Waals surface area contributed by atoms with E-state index in [4.69, 9.17) is 22.1 Å². The number of primary amides is 1. The van der Waals surface area contributed by atoms with Crippen LogP contribution in [0.15, 0.2) is 48.5 Å². The number of amides is 2. The summed E-state index contributed by atoms with van der Waals surface area (Å²) in [4.78, 5) is 23.3. The van der Waals surface area contributed by atoms with Crippen LogP contribution in [0.2, 0.25) is 5.02 Å². The molecule has 2 aromatic carbocycles. The SMILES string of the molecule is NC(=O)O[C@@H](Cc1ccccc1)C(=O)NCc1cccc(Cl)c1F. The van der Waals surface area contributed by atoms with Crippen LogP contribution in [0.1, 0.15) is 11.1 Å². The molecule has 0 heterocycles. The molecule has 2 rings (SSSR count). The van der Waals surface area contributed by atoms with Crippen molar-refractivity contribution in [2.45, 2.75) is 19.1 Å². The fourth-order valence-electron chi connectivity index (χ4n) is 2.14. The summed E-state index contributed by atoms with van der Waals surface area (Å²) in [6.07, 6.45) is -2.00. The zero-order chi connectivity index (χ0) is 17.5. The molecular weight excluding hydrogens is 335 g/mol. The van der Waals surface area contributed by atoms with Crippen LogP contribution in [-0.2, 0) is 22.5 Å². The molecule has 2 aromatic rings. The Morgan fingerprint density at radius 2 is 1.88 bits per heavy atom. The molecule has 24 heavy (non-hydrogen) atoms. The lowest BCUT2D eigenvalue weighted by Crippen LogP contribution is -2.40. The maximum Gasteiger partial charge on any atom is 0.405 e. The maximum atomic E-state index is 13.8. The van der Waals surface area contributed by atoms with Gasteiger partial charge in [0.25, 0.3) is 5.91 Å². The molecule has 0 radical (unpaired) electrons. The van der Waals surface area contributed by atoms with Gasteiger partial charge < -0.3 is 15.8 Å². The average Bonchev–Trinajstić information content (AvgIpc) is 2.56. The predicted octanol–water partition coefficient (Wildman–Crippen LogP) is 2.80. The van der Waals surface area contributed by atoms with Crippen LogP contribution in [-0.4, -0.2) is 18.1 Å². The second-order valence-electron chi connectivity index (χ2n) is 5.05. The number of hydrogen-bond acceptors (Lipinski definition) is 3. The Bertz CT molecular complexity index is 725. The molecule has 0 aliphatic heterocycles. The second-order valence-corrected chi connectivity index (χ2v) is 5.45. The molecule has 0 aromatic heterocycles. The molecule has 0 fully saturated rings. The zero-order valence-corrected chi connectivity index (χ0v) is 13.4. The quantitative estimate of drug-likeness (QED) is 0.840. The molecule has 0 spiro atoms. The van der Waals surface area contributed by atoms with Crippen molar-refractivity contribution in [1.29, 1.82) is 0 Å². The molecule has 126 valence electrons. The van der Waals surface area contributed by atoms with Crippen LogP contribution in [0.3, 0.4) is 0 Å². The largest absolute Gasteiger partial charge is 0.436 e. The predicted molar refractivity (Wildman–Crippen MR) is 87.9 cm³/mol. The van der Waals surface area contributed by atoms with Gasteiger partial charge in [-0.05, 0) is 11.6 Å².